The van der Waals surface area contributed by atoms with Crippen LogP contribution in [0.15, 0.2) is 71.8 Å². The summed E-state index contributed by atoms with van der Waals surface area (Å²) in [6, 6.07) is 7.88. The zero-order chi connectivity index (χ0) is 27.7. The smallest absolute Gasteiger partial charge is 0.337 e. The molecule has 1 aromatic heterocycles. The lowest BCUT2D eigenvalue weighted by atomic mass is 10.0. The maximum absolute atomic E-state index is 15.3. The van der Waals surface area contributed by atoms with E-state index in [2.05, 4.69) is 18.5 Å². The third kappa shape index (κ3) is 5.70. The molecule has 202 valence electrons. The van der Waals surface area contributed by atoms with Gasteiger partial charge in [0.25, 0.3) is 5.91 Å². The van der Waals surface area contributed by atoms with Gasteiger partial charge in [-0.05, 0) is 74.4 Å². The van der Waals surface area contributed by atoms with Crippen molar-refractivity contribution in [3.05, 3.63) is 83.7 Å². The number of amides is 1. The van der Waals surface area contributed by atoms with Crippen LogP contribution in [0.25, 0.3) is 16.8 Å². The van der Waals surface area contributed by atoms with E-state index in [0.29, 0.717) is 39.8 Å². The molecule has 7 nitrogen and oxygen atoms in total. The van der Waals surface area contributed by atoms with Gasteiger partial charge in [-0.1, -0.05) is 31.6 Å². The van der Waals surface area contributed by atoms with Crippen molar-refractivity contribution in [1.29, 1.82) is 0 Å². The molecule has 3 aliphatic rings. The molecule has 0 spiro atoms. The molecule has 39 heavy (non-hydrogen) atoms. The Labute approximate surface area is 228 Å². The minimum absolute atomic E-state index is 0.0517. The Morgan fingerprint density at radius 3 is 2.59 bits per heavy atom. The molecule has 2 fully saturated rings. The third-order valence-corrected chi connectivity index (χ3v) is 7.70. The number of benzene rings is 1. The largest absolute Gasteiger partial charge is 0.478 e. The van der Waals surface area contributed by atoms with Gasteiger partial charge in [0.1, 0.15) is 17.3 Å². The number of rotatable bonds is 6. The van der Waals surface area contributed by atoms with Crippen molar-refractivity contribution >= 4 is 23.2 Å². The van der Waals surface area contributed by atoms with Crippen LogP contribution in [0.5, 0.6) is 0 Å². The highest BCUT2D eigenvalue weighted by molar-refractivity contribution is 6.43. The van der Waals surface area contributed by atoms with E-state index in [1.54, 1.807) is 24.3 Å². The molecule has 1 unspecified atom stereocenters. The van der Waals surface area contributed by atoms with Crippen molar-refractivity contribution in [3.63, 3.8) is 0 Å². The highest BCUT2D eigenvalue weighted by atomic mass is 19.1. The topological polar surface area (TPSA) is 86.1 Å². The average molecular weight is 529 g/mol. The number of aliphatic imine (C=N–C) groups is 1. The lowest BCUT2D eigenvalue weighted by Crippen LogP contribution is -2.43. The number of aromatic nitrogens is 1. The number of nitrogens with zero attached hydrogens (tertiary/aromatic N) is 4. The molecule has 1 N–H and O–H groups in total. The Morgan fingerprint density at radius 2 is 1.92 bits per heavy atom. The summed E-state index contributed by atoms with van der Waals surface area (Å²) < 4.78 is 15.3. The quantitative estimate of drug-likeness (QED) is 0.504. The van der Waals surface area contributed by atoms with Gasteiger partial charge >= 0.3 is 5.97 Å². The summed E-state index contributed by atoms with van der Waals surface area (Å²) in [4.78, 5) is 37.5. The van der Waals surface area contributed by atoms with Crippen LogP contribution in [0.4, 0.5) is 4.39 Å². The number of hydrogen-bond acceptors (Lipinski definition) is 5. The first-order valence-corrected chi connectivity index (χ1v) is 13.5. The molecule has 0 bridgehead atoms. The van der Waals surface area contributed by atoms with Crippen LogP contribution >= 0.6 is 0 Å². The predicted molar refractivity (Wildman–Crippen MR) is 149 cm³/mol. The van der Waals surface area contributed by atoms with Crippen molar-refractivity contribution < 1.29 is 19.1 Å². The van der Waals surface area contributed by atoms with Crippen LogP contribution in [0.1, 0.15) is 61.4 Å². The minimum Gasteiger partial charge on any atom is -0.478 e. The molecule has 8 heteroatoms. The number of carboxylic acids is 1. The van der Waals surface area contributed by atoms with Gasteiger partial charge in [0, 0.05) is 42.7 Å². The lowest BCUT2D eigenvalue weighted by Gasteiger charge is -2.31. The van der Waals surface area contributed by atoms with Gasteiger partial charge < -0.3 is 14.9 Å². The summed E-state index contributed by atoms with van der Waals surface area (Å²) in [5.74, 6) is -0.648. The number of carbonyl (C=O) groups is 2. The van der Waals surface area contributed by atoms with E-state index in [1.807, 2.05) is 22.9 Å². The number of halogens is 1. The normalized spacial score (nSPS) is 20.8. The predicted octanol–water partition coefficient (Wildman–Crippen LogP) is 5.91. The summed E-state index contributed by atoms with van der Waals surface area (Å²) in [6.45, 7) is 6.95. The first kappa shape index (κ1) is 26.5. The summed E-state index contributed by atoms with van der Waals surface area (Å²) >= 11 is 0. The summed E-state index contributed by atoms with van der Waals surface area (Å²) in [5, 5.41) is 9.07. The molecule has 1 saturated heterocycles. The first-order valence-electron chi connectivity index (χ1n) is 13.5. The lowest BCUT2D eigenvalue weighted by molar-refractivity contribution is -0.125. The van der Waals surface area contributed by atoms with Crippen LogP contribution in [0.3, 0.4) is 0 Å². The maximum Gasteiger partial charge on any atom is 0.337 e. The fourth-order valence-corrected chi connectivity index (χ4v) is 5.19. The van der Waals surface area contributed by atoms with Crippen molar-refractivity contribution in [1.82, 2.24) is 14.8 Å². The van der Waals surface area contributed by atoms with Crippen LogP contribution < -0.4 is 0 Å². The number of hydrogen-bond donors (Lipinski definition) is 1. The SMILES string of the molecule is C=C(/C=C1/N=C(C(=O)N2CCCCCC2C)C=C(C2CC2)N1C)c1ccc(-c2ccc(C(=O)O)cn2)cc1F. The van der Waals surface area contributed by atoms with E-state index >= 15 is 4.39 Å². The summed E-state index contributed by atoms with van der Waals surface area (Å²) in [7, 11) is 1.93. The second-order valence-corrected chi connectivity index (χ2v) is 10.6. The molecule has 1 atom stereocenters. The molecular formula is C31H33FN4O3. The van der Waals surface area contributed by atoms with Gasteiger partial charge in [0.15, 0.2) is 0 Å². The highest BCUT2D eigenvalue weighted by Crippen LogP contribution is 2.41. The zero-order valence-corrected chi connectivity index (χ0v) is 22.4. The van der Waals surface area contributed by atoms with Crippen LogP contribution in [0, 0.1) is 11.7 Å². The van der Waals surface area contributed by atoms with E-state index in [9.17, 15) is 9.59 Å². The van der Waals surface area contributed by atoms with E-state index in [4.69, 9.17) is 10.1 Å². The molecule has 3 heterocycles. The Hall–Kier alpha value is -4.07. The Bertz CT molecular complexity index is 1410. The van der Waals surface area contributed by atoms with Gasteiger partial charge in [-0.15, -0.1) is 0 Å². The molecule has 5 rings (SSSR count). The third-order valence-electron chi connectivity index (χ3n) is 7.70. The van der Waals surface area contributed by atoms with E-state index in [-0.39, 0.29) is 17.5 Å². The average Bonchev–Trinajstić information content (AvgIpc) is 3.78. The van der Waals surface area contributed by atoms with Gasteiger partial charge in [0.2, 0.25) is 0 Å². The first-order chi connectivity index (χ1) is 18.7. The van der Waals surface area contributed by atoms with Crippen molar-refractivity contribution in [2.75, 3.05) is 13.6 Å². The fourth-order valence-electron chi connectivity index (χ4n) is 5.19. The fraction of sp³-hybridized carbons (Fsp3) is 0.355. The highest BCUT2D eigenvalue weighted by Gasteiger charge is 2.34. The summed E-state index contributed by atoms with van der Waals surface area (Å²) in [6.07, 6.45) is 11.3. The Morgan fingerprint density at radius 1 is 1.13 bits per heavy atom. The molecule has 1 aliphatic carbocycles. The van der Waals surface area contributed by atoms with Crippen LogP contribution in [-0.4, -0.2) is 57.1 Å². The second kappa shape index (κ2) is 11.0. The van der Waals surface area contributed by atoms with E-state index in [1.165, 1.54) is 18.3 Å². The molecule has 1 saturated carbocycles. The van der Waals surface area contributed by atoms with Crippen LogP contribution in [-0.2, 0) is 4.79 Å². The van der Waals surface area contributed by atoms with Crippen molar-refractivity contribution in [2.24, 2.45) is 10.9 Å². The van der Waals surface area contributed by atoms with Gasteiger partial charge in [-0.25, -0.2) is 14.2 Å². The molecule has 1 amide bonds. The van der Waals surface area contributed by atoms with Gasteiger partial charge in [-0.3, -0.25) is 9.78 Å². The molecular weight excluding hydrogens is 495 g/mol. The second-order valence-electron chi connectivity index (χ2n) is 10.6. The van der Waals surface area contributed by atoms with E-state index < -0.39 is 11.8 Å². The number of allylic oxidation sites excluding steroid dienone is 3. The van der Waals surface area contributed by atoms with E-state index in [0.717, 1.165) is 50.8 Å². The Balaban J connectivity index is 1.42. The molecule has 0 radical (unpaired) electrons. The standard InChI is InChI=1S/C31H33FN4O3/c1-19(24-12-10-22(16-25(24)32)26-13-11-23(18-33-26)31(38)39)15-29-34-27(17-28(35(29)3)21-8-9-21)30(37)36-14-6-4-5-7-20(36)2/h10-13,15-18,20-21H,1,4-9,14H2,2-3H3,(H,38,39)/b29-15-. The Kier molecular flexibility index (Phi) is 7.46. The number of pyridine rings is 1. The zero-order valence-electron chi connectivity index (χ0n) is 22.4. The summed E-state index contributed by atoms with van der Waals surface area (Å²) in [5.41, 5.74) is 3.29. The molecule has 2 aromatic rings. The maximum atomic E-state index is 15.3. The number of carbonyl (C=O) groups excluding carboxylic acids is 1. The number of likely N-dealkylation sites (tertiary alicyclic amines) is 1. The number of aromatic carboxylic acids is 1. The van der Waals surface area contributed by atoms with Gasteiger partial charge in [0.05, 0.1) is 11.3 Å². The van der Waals surface area contributed by atoms with Gasteiger partial charge in [-0.2, -0.15) is 0 Å². The minimum atomic E-state index is -1.07. The monoisotopic (exact) mass is 528 g/mol. The van der Waals surface area contributed by atoms with Crippen molar-refractivity contribution in [2.45, 2.75) is 51.5 Å². The molecule has 1 aromatic carbocycles. The molecule has 2 aliphatic heterocycles. The number of carboxylic acid groups (broad SMARTS) is 1. The van der Waals surface area contributed by atoms with Crippen molar-refractivity contribution in [3.8, 4) is 11.3 Å². The van der Waals surface area contributed by atoms with Crippen LogP contribution in [0.2, 0.25) is 0 Å².